The van der Waals surface area contributed by atoms with Crippen LogP contribution >= 0.6 is 34.2 Å². The molecule has 0 fully saturated rings. The second-order valence-electron chi connectivity index (χ2n) is 3.42. The van der Waals surface area contributed by atoms with E-state index in [1.807, 2.05) is 22.9 Å². The van der Waals surface area contributed by atoms with E-state index < -0.39 is 0 Å². The van der Waals surface area contributed by atoms with E-state index in [-0.39, 0.29) is 0 Å². The summed E-state index contributed by atoms with van der Waals surface area (Å²) in [5.41, 5.74) is 1.75. The number of pyridine rings is 1. The Bertz CT molecular complexity index is 681. The molecule has 0 atom stereocenters. The van der Waals surface area contributed by atoms with Crippen LogP contribution in [0.3, 0.4) is 0 Å². The Morgan fingerprint density at radius 2 is 2.18 bits per heavy atom. The van der Waals surface area contributed by atoms with Gasteiger partial charge in [-0.15, -0.1) is 0 Å². The van der Waals surface area contributed by atoms with Crippen molar-refractivity contribution >= 4 is 45.2 Å². The molecule has 0 saturated heterocycles. The number of halogens is 2. The van der Waals surface area contributed by atoms with Crippen molar-refractivity contribution in [3.05, 3.63) is 45.8 Å². The maximum Gasteiger partial charge on any atom is 0.150 e. The van der Waals surface area contributed by atoms with Gasteiger partial charge in [0.25, 0.3) is 0 Å². The Kier molecular flexibility index (Phi) is 2.71. The third-order valence-corrected chi connectivity index (χ3v) is 3.52. The van der Waals surface area contributed by atoms with Crippen molar-refractivity contribution in [3.63, 3.8) is 0 Å². The molecule has 0 aliphatic carbocycles. The first kappa shape index (κ1) is 10.9. The normalized spacial score (nSPS) is 10.9. The summed E-state index contributed by atoms with van der Waals surface area (Å²) in [4.78, 5) is 12.4. The van der Waals surface area contributed by atoms with Crippen LogP contribution in [-0.4, -0.2) is 19.5 Å². The van der Waals surface area contributed by atoms with Gasteiger partial charge in [-0.05, 0) is 34.7 Å². The maximum absolute atomic E-state index is 6.08. The molecule has 0 aliphatic rings. The van der Waals surface area contributed by atoms with Crippen LogP contribution in [0.4, 0.5) is 0 Å². The van der Waals surface area contributed by atoms with E-state index in [1.54, 1.807) is 12.4 Å². The number of rotatable bonds is 1. The lowest BCUT2D eigenvalue weighted by Crippen LogP contribution is -1.94. The number of hydrogen-bond acceptors (Lipinski definition) is 3. The topological polar surface area (TPSA) is 43.6 Å². The molecular weight excluding hydrogens is 351 g/mol. The molecule has 0 aliphatic heterocycles. The van der Waals surface area contributed by atoms with E-state index in [2.05, 4.69) is 37.5 Å². The van der Waals surface area contributed by atoms with Crippen molar-refractivity contribution in [1.82, 2.24) is 19.5 Å². The molecule has 0 bridgehead atoms. The lowest BCUT2D eigenvalue weighted by Gasteiger charge is -2.02. The standard InChI is InChI=1S/C11H6ClIN4/c12-10-9-8(13)5-17(11(9)16-6-15-10)7-2-1-3-14-4-7/h1-6H. The van der Waals surface area contributed by atoms with Crippen LogP contribution in [0.15, 0.2) is 37.1 Å². The Hall–Kier alpha value is -1.21. The zero-order chi connectivity index (χ0) is 11.8. The molecule has 0 spiro atoms. The summed E-state index contributed by atoms with van der Waals surface area (Å²) in [6.07, 6.45) is 6.96. The van der Waals surface area contributed by atoms with Gasteiger partial charge in [0.2, 0.25) is 0 Å². The van der Waals surface area contributed by atoms with Crippen molar-refractivity contribution in [2.75, 3.05) is 0 Å². The quantitative estimate of drug-likeness (QED) is 0.497. The lowest BCUT2D eigenvalue weighted by atomic mass is 10.4. The minimum Gasteiger partial charge on any atom is -0.299 e. The molecule has 0 aromatic carbocycles. The smallest absolute Gasteiger partial charge is 0.150 e. The molecule has 3 heterocycles. The van der Waals surface area contributed by atoms with Crippen LogP contribution in [0.5, 0.6) is 0 Å². The molecule has 84 valence electrons. The lowest BCUT2D eigenvalue weighted by molar-refractivity contribution is 1.06. The summed E-state index contributed by atoms with van der Waals surface area (Å²) < 4.78 is 2.98. The van der Waals surface area contributed by atoms with Gasteiger partial charge in [-0.3, -0.25) is 9.55 Å². The van der Waals surface area contributed by atoms with Gasteiger partial charge in [-0.2, -0.15) is 0 Å². The molecule has 6 heteroatoms. The number of fused-ring (bicyclic) bond motifs is 1. The molecule has 0 unspecified atom stereocenters. The van der Waals surface area contributed by atoms with E-state index >= 15 is 0 Å². The first-order valence-electron chi connectivity index (χ1n) is 4.85. The summed E-state index contributed by atoms with van der Waals surface area (Å²) in [6, 6.07) is 3.86. The summed E-state index contributed by atoms with van der Waals surface area (Å²) in [6.45, 7) is 0. The highest BCUT2D eigenvalue weighted by molar-refractivity contribution is 14.1. The fourth-order valence-electron chi connectivity index (χ4n) is 1.68. The average molecular weight is 357 g/mol. The van der Waals surface area contributed by atoms with Crippen LogP contribution in [0.2, 0.25) is 5.15 Å². The predicted molar refractivity (Wildman–Crippen MR) is 74.4 cm³/mol. The summed E-state index contributed by atoms with van der Waals surface area (Å²) >= 11 is 8.30. The van der Waals surface area contributed by atoms with Crippen molar-refractivity contribution in [1.29, 1.82) is 0 Å². The SMILES string of the molecule is Clc1ncnc2c1c(I)cn2-c1cccnc1. The highest BCUT2D eigenvalue weighted by Crippen LogP contribution is 2.28. The van der Waals surface area contributed by atoms with Gasteiger partial charge in [-0.25, -0.2) is 9.97 Å². The fourth-order valence-corrected chi connectivity index (χ4v) is 2.84. The monoisotopic (exact) mass is 356 g/mol. The molecule has 3 rings (SSSR count). The van der Waals surface area contributed by atoms with E-state index in [1.165, 1.54) is 6.33 Å². The Morgan fingerprint density at radius 3 is 2.94 bits per heavy atom. The van der Waals surface area contributed by atoms with Crippen molar-refractivity contribution in [2.24, 2.45) is 0 Å². The van der Waals surface area contributed by atoms with Crippen molar-refractivity contribution in [3.8, 4) is 5.69 Å². The van der Waals surface area contributed by atoms with Gasteiger partial charge in [0.1, 0.15) is 11.5 Å². The van der Waals surface area contributed by atoms with Crippen LogP contribution in [0, 0.1) is 3.57 Å². The van der Waals surface area contributed by atoms with Crippen LogP contribution in [0.1, 0.15) is 0 Å². The molecule has 17 heavy (non-hydrogen) atoms. The molecule has 0 amide bonds. The molecule has 3 aromatic rings. The second-order valence-corrected chi connectivity index (χ2v) is 4.94. The van der Waals surface area contributed by atoms with Gasteiger partial charge in [-0.1, -0.05) is 11.6 Å². The third kappa shape index (κ3) is 1.79. The maximum atomic E-state index is 6.08. The Labute approximate surface area is 116 Å². The zero-order valence-corrected chi connectivity index (χ0v) is 11.4. The molecule has 4 nitrogen and oxygen atoms in total. The number of aromatic nitrogens is 4. The van der Waals surface area contributed by atoms with Gasteiger partial charge < -0.3 is 0 Å². The molecular formula is C11H6ClIN4. The minimum absolute atomic E-state index is 0.474. The van der Waals surface area contributed by atoms with Crippen LogP contribution in [0.25, 0.3) is 16.7 Å². The van der Waals surface area contributed by atoms with Gasteiger partial charge >= 0.3 is 0 Å². The summed E-state index contributed by atoms with van der Waals surface area (Å²) in [5.74, 6) is 0. The number of hydrogen-bond donors (Lipinski definition) is 0. The first-order chi connectivity index (χ1) is 8.27. The second kappa shape index (κ2) is 4.23. The predicted octanol–water partition coefficient (Wildman–Crippen LogP) is 3.07. The Morgan fingerprint density at radius 1 is 1.29 bits per heavy atom. The van der Waals surface area contributed by atoms with Gasteiger partial charge in [0.15, 0.2) is 5.65 Å². The van der Waals surface area contributed by atoms with Gasteiger partial charge in [0.05, 0.1) is 17.3 Å². The molecule has 0 radical (unpaired) electrons. The summed E-state index contributed by atoms with van der Waals surface area (Å²) in [5, 5.41) is 1.35. The number of nitrogens with zero attached hydrogens (tertiary/aromatic N) is 4. The van der Waals surface area contributed by atoms with E-state index in [0.29, 0.717) is 5.15 Å². The fraction of sp³-hybridized carbons (Fsp3) is 0. The largest absolute Gasteiger partial charge is 0.299 e. The van der Waals surface area contributed by atoms with E-state index in [0.717, 1.165) is 20.3 Å². The molecule has 0 saturated carbocycles. The zero-order valence-electron chi connectivity index (χ0n) is 8.51. The average Bonchev–Trinajstić information content (AvgIpc) is 2.69. The van der Waals surface area contributed by atoms with E-state index in [9.17, 15) is 0 Å². The molecule has 0 N–H and O–H groups in total. The molecule has 3 aromatic heterocycles. The van der Waals surface area contributed by atoms with Gasteiger partial charge in [0, 0.05) is 16.0 Å². The highest BCUT2D eigenvalue weighted by Gasteiger charge is 2.12. The first-order valence-corrected chi connectivity index (χ1v) is 6.30. The summed E-state index contributed by atoms with van der Waals surface area (Å²) in [7, 11) is 0. The van der Waals surface area contributed by atoms with E-state index in [4.69, 9.17) is 11.6 Å². The highest BCUT2D eigenvalue weighted by atomic mass is 127. The van der Waals surface area contributed by atoms with Crippen molar-refractivity contribution < 1.29 is 0 Å². The van der Waals surface area contributed by atoms with Crippen LogP contribution < -0.4 is 0 Å². The third-order valence-electron chi connectivity index (χ3n) is 2.41. The van der Waals surface area contributed by atoms with Crippen LogP contribution in [-0.2, 0) is 0 Å². The van der Waals surface area contributed by atoms with Crippen molar-refractivity contribution in [2.45, 2.75) is 0 Å². The Balaban J connectivity index is 2.36. The minimum atomic E-state index is 0.474.